The molecule has 29 heteroatoms. The molecule has 0 spiro atoms. The molecule has 4 rings (SSSR count). The Hall–Kier alpha value is -4.91. The molecule has 0 aliphatic carbocycles. The zero-order chi connectivity index (χ0) is 50.1. The lowest BCUT2D eigenvalue weighted by Crippen LogP contribution is -2.60. The van der Waals surface area contributed by atoms with Gasteiger partial charge in [-0.05, 0) is 64.2 Å². The molecule has 1 aromatic carbocycles. The summed E-state index contributed by atoms with van der Waals surface area (Å²) in [6.07, 6.45) is -13.6. The Bertz CT molecular complexity index is 1920. The number of halogens is 7. The van der Waals surface area contributed by atoms with Crippen molar-refractivity contribution in [3.05, 3.63) is 61.7 Å². The summed E-state index contributed by atoms with van der Waals surface area (Å²) in [5.74, 6) is -6.45. The van der Waals surface area contributed by atoms with Crippen LogP contribution in [0.4, 0.5) is 26.3 Å². The van der Waals surface area contributed by atoms with Crippen LogP contribution in [0.15, 0.2) is 50.6 Å². The highest BCUT2D eigenvalue weighted by atomic mass is 35.5. The third-order valence-electron chi connectivity index (χ3n) is 11.5. The third kappa shape index (κ3) is 18.6. The largest absolute Gasteiger partial charge is 0.471 e. The number of amides is 2. The molecule has 4 N–H and O–H groups in total. The van der Waals surface area contributed by atoms with Crippen LogP contribution in [0.2, 0.25) is 0 Å². The average molecular weight is 1010 g/mol. The number of carbonyl (C=O) groups excluding carboxylic acids is 4. The number of carbonyl (C=O) groups is 4. The molecule has 67 heavy (non-hydrogen) atoms. The lowest BCUT2D eigenvalue weighted by Gasteiger charge is -2.44. The van der Waals surface area contributed by atoms with Crippen LogP contribution in [0, 0.1) is 35.5 Å². The highest BCUT2D eigenvalue weighted by Crippen LogP contribution is 2.39. The summed E-state index contributed by atoms with van der Waals surface area (Å²) in [6.45, 7) is 13.4. The second kappa shape index (κ2) is 27.8. The maximum absolute atomic E-state index is 12.7. The van der Waals surface area contributed by atoms with E-state index in [1.165, 1.54) is 18.7 Å². The molecule has 0 radical (unpaired) electrons. The van der Waals surface area contributed by atoms with Gasteiger partial charge in [0.15, 0.2) is 0 Å². The van der Waals surface area contributed by atoms with E-state index >= 15 is 0 Å². The van der Waals surface area contributed by atoms with Crippen LogP contribution in [0.25, 0.3) is 31.3 Å². The summed E-state index contributed by atoms with van der Waals surface area (Å²) < 4.78 is 102. The number of nitrogens with zero attached hydrogens (tertiary/aromatic N) is 9. The SMILES string of the molecule is CC(=O)O[C@@H]1OC(CN=[N+]=[N-])[C@@H](C)[C@H](C)C1N.CC(=O)O[C@@H]1OC(CN=[N+]=[N-])[C@@H](C)[C@H](C)C1NC(=O)C(F)(F)F.C[C@@H]1C(CN=[N+]=[N-])O[C@@H](Sc2ccccc2)C(NC(=O)C(F)(F)F)[C@H]1C.Cl. The van der Waals surface area contributed by atoms with Gasteiger partial charge < -0.3 is 40.1 Å². The van der Waals surface area contributed by atoms with Gasteiger partial charge in [-0.3, -0.25) is 19.2 Å². The van der Waals surface area contributed by atoms with E-state index < -0.39 is 84.3 Å². The summed E-state index contributed by atoms with van der Waals surface area (Å²) in [5.41, 5.74) is 30.4. The summed E-state index contributed by atoms with van der Waals surface area (Å²) in [4.78, 5) is 53.5. The van der Waals surface area contributed by atoms with Crippen LogP contribution in [0.1, 0.15) is 55.4 Å². The Labute approximate surface area is 391 Å². The van der Waals surface area contributed by atoms with Gasteiger partial charge in [0.1, 0.15) is 5.44 Å². The second-order valence-corrected chi connectivity index (χ2v) is 16.9. The Morgan fingerprint density at radius 1 is 0.642 bits per heavy atom. The van der Waals surface area contributed by atoms with Crippen LogP contribution in [-0.4, -0.2) is 110 Å². The molecule has 0 bridgehead atoms. The second-order valence-electron chi connectivity index (χ2n) is 15.7. The molecular weight excluding hydrogens is 950 g/mol. The first-order valence-electron chi connectivity index (χ1n) is 20.3. The van der Waals surface area contributed by atoms with Gasteiger partial charge in [0.2, 0.25) is 12.6 Å². The minimum Gasteiger partial charge on any atom is -0.434 e. The molecule has 1 aromatic rings. The molecule has 3 aliphatic rings. The van der Waals surface area contributed by atoms with E-state index in [4.69, 9.17) is 46.0 Å². The van der Waals surface area contributed by atoms with E-state index in [1.54, 1.807) is 45.1 Å². The minimum absolute atomic E-state index is 0. The Kier molecular flexibility index (Phi) is 24.9. The smallest absolute Gasteiger partial charge is 0.434 e. The van der Waals surface area contributed by atoms with Crippen LogP contribution in [0.3, 0.4) is 0 Å². The van der Waals surface area contributed by atoms with Gasteiger partial charge in [-0.25, -0.2) is 0 Å². The van der Waals surface area contributed by atoms with Gasteiger partial charge in [-0.15, -0.1) is 12.4 Å². The summed E-state index contributed by atoms with van der Waals surface area (Å²) in [5, 5.41) is 14.3. The molecule has 2 amide bonds. The molecule has 0 saturated carbocycles. The maximum atomic E-state index is 12.7. The monoisotopic (exact) mass is 1000 g/mol. The van der Waals surface area contributed by atoms with Gasteiger partial charge in [0.05, 0.1) is 56.1 Å². The van der Waals surface area contributed by atoms with Crippen LogP contribution < -0.4 is 16.4 Å². The predicted molar refractivity (Wildman–Crippen MR) is 230 cm³/mol. The van der Waals surface area contributed by atoms with Crippen LogP contribution in [0.5, 0.6) is 0 Å². The number of ether oxygens (including phenoxy) is 5. The van der Waals surface area contributed by atoms with E-state index in [0.29, 0.717) is 0 Å². The first kappa shape index (κ1) is 60.1. The molecule has 3 saturated heterocycles. The topological polar surface area (TPSA) is 311 Å². The van der Waals surface area contributed by atoms with Crippen LogP contribution in [-0.2, 0) is 42.9 Å². The van der Waals surface area contributed by atoms with E-state index in [0.717, 1.165) is 11.8 Å². The van der Waals surface area contributed by atoms with Gasteiger partial charge in [-0.2, -0.15) is 26.3 Å². The highest BCUT2D eigenvalue weighted by molar-refractivity contribution is 7.99. The fourth-order valence-electron chi connectivity index (χ4n) is 7.03. The predicted octanol–water partition coefficient (Wildman–Crippen LogP) is 7.64. The summed E-state index contributed by atoms with van der Waals surface area (Å²) in [7, 11) is 0. The zero-order valence-electron chi connectivity index (χ0n) is 37.5. The molecule has 3 aliphatic heterocycles. The number of benzene rings is 1. The molecule has 3 heterocycles. The molecule has 21 nitrogen and oxygen atoms in total. The lowest BCUT2D eigenvalue weighted by atomic mass is 9.82. The minimum atomic E-state index is -5.06. The Balaban J connectivity index is 0.000000510. The first-order chi connectivity index (χ1) is 30.8. The van der Waals surface area contributed by atoms with Crippen molar-refractivity contribution in [3.63, 3.8) is 0 Å². The van der Waals surface area contributed by atoms with E-state index in [9.17, 15) is 45.5 Å². The maximum Gasteiger partial charge on any atom is 0.471 e. The van der Waals surface area contributed by atoms with Gasteiger partial charge in [-0.1, -0.05) is 86.8 Å². The average Bonchev–Trinajstić information content (AvgIpc) is 3.24. The van der Waals surface area contributed by atoms with Crippen molar-refractivity contribution in [2.75, 3.05) is 19.6 Å². The quantitative estimate of drug-likeness (QED) is 0.0600. The fraction of sp³-hybridized carbons (Fsp3) is 0.737. The van der Waals surface area contributed by atoms with Crippen molar-refractivity contribution >= 4 is 47.9 Å². The van der Waals surface area contributed by atoms with Gasteiger partial charge in [0, 0.05) is 33.5 Å². The number of rotatable bonds is 12. The normalized spacial score (nSPS) is 31.2. The highest BCUT2D eigenvalue weighted by Gasteiger charge is 2.49. The van der Waals surface area contributed by atoms with Crippen molar-refractivity contribution in [2.45, 2.75) is 127 Å². The fourth-order valence-corrected chi connectivity index (χ4v) is 8.27. The Morgan fingerprint density at radius 3 is 1.43 bits per heavy atom. The van der Waals surface area contributed by atoms with Crippen molar-refractivity contribution in [1.82, 2.24) is 10.6 Å². The van der Waals surface area contributed by atoms with Gasteiger partial charge >= 0.3 is 36.1 Å². The van der Waals surface area contributed by atoms with E-state index in [1.807, 2.05) is 32.0 Å². The number of alkyl halides is 6. The van der Waals surface area contributed by atoms with Gasteiger partial charge in [0.25, 0.3) is 0 Å². The number of esters is 2. The first-order valence-corrected chi connectivity index (χ1v) is 21.2. The third-order valence-corrected chi connectivity index (χ3v) is 12.6. The Morgan fingerprint density at radius 2 is 1.01 bits per heavy atom. The summed E-state index contributed by atoms with van der Waals surface area (Å²) >= 11 is 1.23. The van der Waals surface area contributed by atoms with E-state index in [-0.39, 0.29) is 73.8 Å². The van der Waals surface area contributed by atoms with E-state index in [2.05, 4.69) is 35.4 Å². The van der Waals surface area contributed by atoms with Crippen molar-refractivity contribution in [1.29, 1.82) is 0 Å². The number of nitrogens with two attached hydrogens (primary N) is 1. The molecule has 3 fully saturated rings. The molecule has 6 unspecified atom stereocenters. The molecule has 15 atom stereocenters. The summed E-state index contributed by atoms with van der Waals surface area (Å²) in [6, 6.07) is 6.66. The number of thioether (sulfide) groups is 1. The number of hydrogen-bond donors (Lipinski definition) is 3. The zero-order valence-corrected chi connectivity index (χ0v) is 39.2. The lowest BCUT2D eigenvalue weighted by molar-refractivity contribution is -0.232. The number of azide groups is 3. The van der Waals surface area contributed by atoms with Crippen LogP contribution >= 0.6 is 24.2 Å². The number of nitrogens with one attached hydrogen (secondary N) is 2. The molecule has 0 aromatic heterocycles. The van der Waals surface area contributed by atoms with Crippen molar-refractivity contribution in [3.8, 4) is 0 Å². The standard InChI is InChI=1S/C16H19F3N4O2S.C12H17F3N4O4.C10H18N4O3.ClH/c1-9-10(2)13(22-15(24)16(17,18)19)14(25-12(9)8-21-23-20)26-11-6-4-3-5-7-11;1-5-6(2)9(18-11(21)12(13,14)15)10(22-7(3)20)23-8(5)4-17-19-16;1-5-6(2)9(11)10(16-7(3)15)17-8(5)4-13-14-12;/h3-7,9-10,12-14H,8H2,1-2H3,(H,22,24);5-6,8-10H,4H2,1-3H3,(H,18,21);5-6,8-10H,4,11H2,1-3H3;1H/t9-,10-,12?,13?,14-;2*5-,6-,8?,9?,10+;/m000./s1. The molecular formula is C38H55ClF6N12O9S. The molecule has 376 valence electrons. The van der Waals surface area contributed by atoms with Crippen molar-refractivity contribution in [2.24, 2.45) is 56.6 Å². The number of hydrogen-bond acceptors (Lipinski definition) is 14. The van der Waals surface area contributed by atoms with Crippen molar-refractivity contribution < 1.29 is 69.2 Å².